The Morgan fingerprint density at radius 1 is 1.29 bits per heavy atom. The van der Waals surface area contributed by atoms with E-state index in [1.54, 1.807) is 0 Å². The van der Waals surface area contributed by atoms with E-state index in [1.807, 2.05) is 0 Å². The van der Waals surface area contributed by atoms with Gasteiger partial charge in [0.1, 0.15) is 0 Å². The molecule has 0 aromatic heterocycles. The van der Waals surface area contributed by atoms with Crippen LogP contribution in [0.2, 0.25) is 0 Å². The molecule has 1 fully saturated rings. The predicted octanol–water partition coefficient (Wildman–Crippen LogP) is 3.31. The molecule has 1 aliphatic carbocycles. The summed E-state index contributed by atoms with van der Waals surface area (Å²) in [6.45, 7) is 4.32. The van der Waals surface area contributed by atoms with Crippen LogP contribution in [0.5, 0.6) is 0 Å². The minimum absolute atomic E-state index is 0.0695. The normalized spacial score (nSPS) is 20.2. The molecule has 0 saturated heterocycles. The van der Waals surface area contributed by atoms with Crippen LogP contribution in [0.4, 0.5) is 0 Å². The molecule has 1 unspecified atom stereocenters. The summed E-state index contributed by atoms with van der Waals surface area (Å²) in [6, 6.07) is 0. The minimum atomic E-state index is -0.572. The van der Waals surface area contributed by atoms with Gasteiger partial charge in [-0.3, -0.25) is 4.79 Å². The minimum Gasteiger partial charge on any atom is -0.481 e. The topological polar surface area (TPSA) is 37.3 Å². The smallest absolute Gasteiger partial charge is 0.306 e. The van der Waals surface area contributed by atoms with E-state index in [2.05, 4.69) is 13.8 Å². The average Bonchev–Trinajstić information content (AvgIpc) is 2.56. The fraction of sp³-hybridized carbons (Fsp3) is 0.917. The highest BCUT2D eigenvalue weighted by atomic mass is 16.4. The number of aliphatic carboxylic acids is 1. The van der Waals surface area contributed by atoms with Crippen LogP contribution < -0.4 is 0 Å². The first-order valence-electron chi connectivity index (χ1n) is 5.84. The molecule has 14 heavy (non-hydrogen) atoms. The Labute approximate surface area is 86.7 Å². The van der Waals surface area contributed by atoms with Crippen molar-refractivity contribution in [2.24, 2.45) is 17.8 Å². The molecular formula is C12H22O2. The second-order valence-electron chi connectivity index (χ2n) is 4.96. The monoisotopic (exact) mass is 198 g/mol. The van der Waals surface area contributed by atoms with Crippen molar-refractivity contribution in [3.05, 3.63) is 0 Å². The highest BCUT2D eigenvalue weighted by Crippen LogP contribution is 2.34. The van der Waals surface area contributed by atoms with Crippen molar-refractivity contribution in [1.82, 2.24) is 0 Å². The maximum Gasteiger partial charge on any atom is 0.306 e. The van der Waals surface area contributed by atoms with Gasteiger partial charge in [-0.15, -0.1) is 0 Å². The highest BCUT2D eigenvalue weighted by molar-refractivity contribution is 5.70. The Bertz CT molecular complexity index is 181. The van der Waals surface area contributed by atoms with Gasteiger partial charge < -0.3 is 5.11 Å². The van der Waals surface area contributed by atoms with Gasteiger partial charge in [0, 0.05) is 0 Å². The fourth-order valence-corrected chi connectivity index (χ4v) is 2.43. The SMILES string of the molecule is CC(C)CCC(C(=O)O)C1CCCC1. The number of hydrogen-bond donors (Lipinski definition) is 1. The van der Waals surface area contributed by atoms with Crippen molar-refractivity contribution in [2.45, 2.75) is 52.4 Å². The first kappa shape index (κ1) is 11.5. The summed E-state index contributed by atoms with van der Waals surface area (Å²) in [4.78, 5) is 11.1. The molecule has 0 aromatic carbocycles. The largest absolute Gasteiger partial charge is 0.481 e. The van der Waals surface area contributed by atoms with Crippen molar-refractivity contribution in [3.63, 3.8) is 0 Å². The molecule has 0 amide bonds. The van der Waals surface area contributed by atoms with Gasteiger partial charge in [-0.1, -0.05) is 33.1 Å². The Morgan fingerprint density at radius 3 is 2.29 bits per heavy atom. The summed E-state index contributed by atoms with van der Waals surface area (Å²) < 4.78 is 0. The van der Waals surface area contributed by atoms with E-state index >= 15 is 0 Å². The molecule has 1 atom stereocenters. The maximum absolute atomic E-state index is 11.1. The van der Waals surface area contributed by atoms with E-state index in [0.717, 1.165) is 25.7 Å². The van der Waals surface area contributed by atoms with Crippen LogP contribution in [0.1, 0.15) is 52.4 Å². The summed E-state index contributed by atoms with van der Waals surface area (Å²) in [5.74, 6) is 0.446. The van der Waals surface area contributed by atoms with Gasteiger partial charge in [-0.25, -0.2) is 0 Å². The standard InChI is InChI=1S/C12H22O2/c1-9(2)7-8-11(12(13)14)10-5-3-4-6-10/h9-11H,3-8H2,1-2H3,(H,13,14). The van der Waals surface area contributed by atoms with Gasteiger partial charge >= 0.3 is 5.97 Å². The second-order valence-corrected chi connectivity index (χ2v) is 4.96. The van der Waals surface area contributed by atoms with Gasteiger partial charge in [0.25, 0.3) is 0 Å². The lowest BCUT2D eigenvalue weighted by Crippen LogP contribution is -2.22. The van der Waals surface area contributed by atoms with E-state index < -0.39 is 5.97 Å². The zero-order chi connectivity index (χ0) is 10.6. The number of carbonyl (C=O) groups is 1. The Balaban J connectivity index is 2.42. The lowest BCUT2D eigenvalue weighted by atomic mass is 9.85. The molecule has 0 aromatic rings. The van der Waals surface area contributed by atoms with Crippen LogP contribution in [0.25, 0.3) is 0 Å². The second kappa shape index (κ2) is 5.38. The lowest BCUT2D eigenvalue weighted by molar-refractivity contribution is -0.144. The molecule has 1 saturated carbocycles. The van der Waals surface area contributed by atoms with Crippen LogP contribution in [-0.2, 0) is 4.79 Å². The molecular weight excluding hydrogens is 176 g/mol. The summed E-state index contributed by atoms with van der Waals surface area (Å²) in [6.07, 6.45) is 6.65. The fourth-order valence-electron chi connectivity index (χ4n) is 2.43. The van der Waals surface area contributed by atoms with Gasteiger partial charge in [-0.2, -0.15) is 0 Å². The van der Waals surface area contributed by atoms with Gasteiger partial charge in [0.05, 0.1) is 5.92 Å². The molecule has 0 radical (unpaired) electrons. The molecule has 82 valence electrons. The average molecular weight is 198 g/mol. The van der Waals surface area contributed by atoms with Crippen molar-refractivity contribution in [1.29, 1.82) is 0 Å². The molecule has 0 heterocycles. The lowest BCUT2D eigenvalue weighted by Gasteiger charge is -2.19. The first-order valence-corrected chi connectivity index (χ1v) is 5.84. The van der Waals surface area contributed by atoms with E-state index in [4.69, 9.17) is 5.11 Å². The quantitative estimate of drug-likeness (QED) is 0.735. The third-order valence-electron chi connectivity index (χ3n) is 3.34. The molecule has 0 spiro atoms. The van der Waals surface area contributed by atoms with Crippen LogP contribution in [0.3, 0.4) is 0 Å². The third kappa shape index (κ3) is 3.32. The van der Waals surface area contributed by atoms with Crippen LogP contribution >= 0.6 is 0 Å². The zero-order valence-corrected chi connectivity index (χ0v) is 9.33. The molecule has 1 rings (SSSR count). The van der Waals surface area contributed by atoms with Crippen molar-refractivity contribution in [3.8, 4) is 0 Å². The predicted molar refractivity (Wildman–Crippen MR) is 57.2 cm³/mol. The van der Waals surface area contributed by atoms with Crippen LogP contribution in [-0.4, -0.2) is 11.1 Å². The van der Waals surface area contributed by atoms with Crippen molar-refractivity contribution >= 4 is 5.97 Å². The molecule has 1 aliphatic rings. The highest BCUT2D eigenvalue weighted by Gasteiger charge is 2.29. The molecule has 1 N–H and O–H groups in total. The maximum atomic E-state index is 11.1. The Morgan fingerprint density at radius 2 is 1.86 bits per heavy atom. The summed E-state index contributed by atoms with van der Waals surface area (Å²) in [5.41, 5.74) is 0. The number of hydrogen-bond acceptors (Lipinski definition) is 1. The summed E-state index contributed by atoms with van der Waals surface area (Å²) in [7, 11) is 0. The van der Waals surface area contributed by atoms with Gasteiger partial charge in [-0.05, 0) is 31.1 Å². The number of rotatable bonds is 5. The van der Waals surface area contributed by atoms with E-state index in [-0.39, 0.29) is 5.92 Å². The number of carboxylic acid groups (broad SMARTS) is 1. The summed E-state index contributed by atoms with van der Waals surface area (Å²) in [5, 5.41) is 9.15. The van der Waals surface area contributed by atoms with Gasteiger partial charge in [0.15, 0.2) is 0 Å². The molecule has 0 aliphatic heterocycles. The Hall–Kier alpha value is -0.530. The third-order valence-corrected chi connectivity index (χ3v) is 3.34. The first-order chi connectivity index (χ1) is 6.61. The molecule has 0 bridgehead atoms. The van der Waals surface area contributed by atoms with E-state index in [0.29, 0.717) is 11.8 Å². The zero-order valence-electron chi connectivity index (χ0n) is 9.33. The van der Waals surface area contributed by atoms with E-state index in [9.17, 15) is 4.79 Å². The van der Waals surface area contributed by atoms with Crippen molar-refractivity contribution < 1.29 is 9.90 Å². The van der Waals surface area contributed by atoms with Crippen molar-refractivity contribution in [2.75, 3.05) is 0 Å². The number of carboxylic acids is 1. The van der Waals surface area contributed by atoms with Crippen LogP contribution in [0, 0.1) is 17.8 Å². The Kier molecular flexibility index (Phi) is 4.43. The van der Waals surface area contributed by atoms with E-state index in [1.165, 1.54) is 12.8 Å². The van der Waals surface area contributed by atoms with Gasteiger partial charge in [0.2, 0.25) is 0 Å². The molecule has 2 nitrogen and oxygen atoms in total. The molecule has 2 heteroatoms. The summed E-state index contributed by atoms with van der Waals surface area (Å²) >= 11 is 0. The van der Waals surface area contributed by atoms with Crippen LogP contribution in [0.15, 0.2) is 0 Å².